The van der Waals surface area contributed by atoms with Crippen molar-refractivity contribution in [3.63, 3.8) is 0 Å². The number of likely N-dealkylation sites (tertiary alicyclic amines) is 1. The number of nitrogens with zero attached hydrogens (tertiary/aromatic N) is 3. The van der Waals surface area contributed by atoms with Crippen molar-refractivity contribution in [2.45, 2.75) is 44.2 Å². The van der Waals surface area contributed by atoms with Gasteiger partial charge < -0.3 is 9.64 Å². The number of piperazine rings is 1. The summed E-state index contributed by atoms with van der Waals surface area (Å²) in [6, 6.07) is 8.91. The first kappa shape index (κ1) is 18.3. The van der Waals surface area contributed by atoms with E-state index in [1.807, 2.05) is 4.90 Å². The fourth-order valence-electron chi connectivity index (χ4n) is 4.84. The van der Waals surface area contributed by atoms with E-state index in [9.17, 15) is 9.59 Å². The zero-order chi connectivity index (χ0) is 18.8. The highest BCUT2D eigenvalue weighted by Gasteiger charge is 2.37. The summed E-state index contributed by atoms with van der Waals surface area (Å²) in [5.74, 6) is 0.0921. The van der Waals surface area contributed by atoms with Gasteiger partial charge in [0.1, 0.15) is 6.04 Å². The summed E-state index contributed by atoms with van der Waals surface area (Å²) in [4.78, 5) is 31.2. The second-order valence-corrected chi connectivity index (χ2v) is 7.87. The van der Waals surface area contributed by atoms with Gasteiger partial charge in [-0.2, -0.15) is 0 Å². The van der Waals surface area contributed by atoms with Crippen LogP contribution in [0.4, 0.5) is 4.79 Å². The largest absolute Gasteiger partial charge is 0.453 e. The van der Waals surface area contributed by atoms with Crippen molar-refractivity contribution >= 4 is 12.0 Å². The van der Waals surface area contributed by atoms with Gasteiger partial charge in [-0.1, -0.05) is 24.3 Å². The third-order valence-corrected chi connectivity index (χ3v) is 6.37. The molecule has 0 radical (unpaired) electrons. The average Bonchev–Trinajstić information content (AvgIpc) is 3.17. The van der Waals surface area contributed by atoms with Crippen molar-refractivity contribution in [1.82, 2.24) is 14.7 Å². The molecule has 27 heavy (non-hydrogen) atoms. The maximum atomic E-state index is 13.0. The van der Waals surface area contributed by atoms with Gasteiger partial charge in [-0.25, -0.2) is 4.79 Å². The summed E-state index contributed by atoms with van der Waals surface area (Å²) >= 11 is 0. The number of amides is 2. The van der Waals surface area contributed by atoms with Crippen LogP contribution in [0.1, 0.15) is 30.4 Å². The molecule has 0 bridgehead atoms. The van der Waals surface area contributed by atoms with Gasteiger partial charge in [0.2, 0.25) is 5.91 Å². The van der Waals surface area contributed by atoms with E-state index in [2.05, 4.69) is 29.2 Å². The molecule has 4 rings (SSSR count). The Morgan fingerprint density at radius 1 is 0.963 bits per heavy atom. The molecular weight excluding hydrogens is 342 g/mol. The lowest BCUT2D eigenvalue weighted by Crippen LogP contribution is -2.58. The minimum atomic E-state index is -0.379. The normalized spacial score (nSPS) is 24.0. The number of carbonyl (C=O) groups is 2. The predicted octanol–water partition coefficient (Wildman–Crippen LogP) is 1.92. The van der Waals surface area contributed by atoms with Crippen molar-refractivity contribution in [3.05, 3.63) is 35.4 Å². The zero-order valence-electron chi connectivity index (χ0n) is 16.1. The van der Waals surface area contributed by atoms with Gasteiger partial charge in [0, 0.05) is 38.8 Å². The quantitative estimate of drug-likeness (QED) is 0.797. The Kier molecular flexibility index (Phi) is 5.34. The molecule has 6 nitrogen and oxygen atoms in total. The summed E-state index contributed by atoms with van der Waals surface area (Å²) in [5, 5.41) is 0. The Bertz CT molecular complexity index is 675. The topological polar surface area (TPSA) is 53.1 Å². The van der Waals surface area contributed by atoms with Crippen LogP contribution < -0.4 is 0 Å². The lowest BCUT2D eigenvalue weighted by molar-refractivity contribution is -0.139. The number of carbonyl (C=O) groups excluding carboxylic acids is 2. The van der Waals surface area contributed by atoms with Gasteiger partial charge >= 0.3 is 6.09 Å². The van der Waals surface area contributed by atoms with E-state index in [0.29, 0.717) is 12.6 Å². The highest BCUT2D eigenvalue weighted by molar-refractivity contribution is 5.86. The third kappa shape index (κ3) is 3.68. The summed E-state index contributed by atoms with van der Waals surface area (Å²) < 4.78 is 4.88. The molecule has 0 unspecified atom stereocenters. The van der Waals surface area contributed by atoms with Crippen molar-refractivity contribution in [2.75, 3.05) is 39.8 Å². The Balaban J connectivity index is 1.34. The molecule has 0 spiro atoms. The van der Waals surface area contributed by atoms with Crippen LogP contribution >= 0.6 is 0 Å². The minimum Gasteiger partial charge on any atom is -0.453 e. The number of methoxy groups -OCH3 is 1. The zero-order valence-corrected chi connectivity index (χ0v) is 16.1. The predicted molar refractivity (Wildman–Crippen MR) is 103 cm³/mol. The fraction of sp³-hybridized carbons (Fsp3) is 0.619. The van der Waals surface area contributed by atoms with Crippen LogP contribution in [0.3, 0.4) is 0 Å². The van der Waals surface area contributed by atoms with Crippen molar-refractivity contribution in [2.24, 2.45) is 0 Å². The number of fused-ring (bicyclic) bond motifs is 1. The highest BCUT2D eigenvalue weighted by atomic mass is 16.5. The second kappa shape index (κ2) is 7.89. The van der Waals surface area contributed by atoms with Crippen LogP contribution in [0.5, 0.6) is 0 Å². The number of rotatable bonds is 2. The van der Waals surface area contributed by atoms with E-state index in [4.69, 9.17) is 4.74 Å². The number of hydrogen-bond acceptors (Lipinski definition) is 4. The first-order chi connectivity index (χ1) is 13.2. The third-order valence-electron chi connectivity index (χ3n) is 6.37. The Labute approximate surface area is 161 Å². The molecule has 2 fully saturated rings. The molecule has 2 heterocycles. The van der Waals surface area contributed by atoms with Crippen molar-refractivity contribution in [1.29, 1.82) is 0 Å². The number of benzene rings is 1. The molecule has 1 aromatic carbocycles. The summed E-state index contributed by atoms with van der Waals surface area (Å²) in [6.07, 6.45) is 4.52. The molecule has 3 aliphatic rings. The number of piperidine rings is 1. The van der Waals surface area contributed by atoms with Crippen molar-refractivity contribution in [3.8, 4) is 0 Å². The van der Waals surface area contributed by atoms with E-state index in [1.54, 1.807) is 4.90 Å². The molecule has 146 valence electrons. The van der Waals surface area contributed by atoms with Gasteiger partial charge in [-0.3, -0.25) is 14.6 Å². The summed E-state index contributed by atoms with van der Waals surface area (Å²) in [5.41, 5.74) is 2.94. The van der Waals surface area contributed by atoms with E-state index < -0.39 is 0 Å². The second-order valence-electron chi connectivity index (χ2n) is 7.87. The molecule has 1 aliphatic carbocycles. The smallest absolute Gasteiger partial charge is 0.410 e. The monoisotopic (exact) mass is 371 g/mol. The molecule has 1 aromatic rings. The highest BCUT2D eigenvalue weighted by Crippen LogP contribution is 2.27. The van der Waals surface area contributed by atoms with Crippen LogP contribution in [-0.4, -0.2) is 78.6 Å². The summed E-state index contributed by atoms with van der Waals surface area (Å²) in [7, 11) is 1.39. The number of ether oxygens (including phenoxy) is 1. The van der Waals surface area contributed by atoms with Gasteiger partial charge in [-0.15, -0.1) is 0 Å². The molecule has 2 saturated heterocycles. The molecule has 0 N–H and O–H groups in total. The Morgan fingerprint density at radius 3 is 2.26 bits per heavy atom. The van der Waals surface area contributed by atoms with Crippen LogP contribution in [-0.2, 0) is 22.4 Å². The molecular formula is C21H29N3O3. The average molecular weight is 371 g/mol. The van der Waals surface area contributed by atoms with E-state index in [-0.39, 0.29) is 18.0 Å². The first-order valence-electron chi connectivity index (χ1n) is 10.1. The van der Waals surface area contributed by atoms with Gasteiger partial charge in [0.15, 0.2) is 0 Å². The van der Waals surface area contributed by atoms with E-state index >= 15 is 0 Å². The molecule has 1 atom stereocenters. The maximum Gasteiger partial charge on any atom is 0.410 e. The van der Waals surface area contributed by atoms with Crippen molar-refractivity contribution < 1.29 is 14.3 Å². The van der Waals surface area contributed by atoms with Crippen LogP contribution in [0.25, 0.3) is 0 Å². The SMILES string of the molecule is COC(=O)N1CCCC[C@H]1C(=O)N1CCN(C2Cc3ccccc3C2)CC1. The molecule has 2 amide bonds. The van der Waals surface area contributed by atoms with Gasteiger partial charge in [0.05, 0.1) is 7.11 Å². The molecule has 0 saturated carbocycles. The Hall–Kier alpha value is -2.08. The fourth-order valence-corrected chi connectivity index (χ4v) is 4.84. The Morgan fingerprint density at radius 2 is 1.63 bits per heavy atom. The first-order valence-corrected chi connectivity index (χ1v) is 10.1. The minimum absolute atomic E-state index is 0.0921. The van der Waals surface area contributed by atoms with E-state index in [0.717, 1.165) is 58.3 Å². The van der Waals surface area contributed by atoms with Gasteiger partial charge in [0.25, 0.3) is 0 Å². The lowest BCUT2D eigenvalue weighted by atomic mass is 10.0. The maximum absolute atomic E-state index is 13.0. The van der Waals surface area contributed by atoms with Crippen LogP contribution in [0, 0.1) is 0 Å². The molecule has 2 aliphatic heterocycles. The van der Waals surface area contributed by atoms with E-state index in [1.165, 1.54) is 18.2 Å². The van der Waals surface area contributed by atoms with Gasteiger partial charge in [-0.05, 0) is 43.2 Å². The van der Waals surface area contributed by atoms with Crippen LogP contribution in [0.2, 0.25) is 0 Å². The lowest BCUT2D eigenvalue weighted by Gasteiger charge is -2.41. The van der Waals surface area contributed by atoms with Crippen LogP contribution in [0.15, 0.2) is 24.3 Å². The summed E-state index contributed by atoms with van der Waals surface area (Å²) in [6.45, 7) is 3.93. The molecule has 0 aromatic heterocycles. The number of hydrogen-bond donors (Lipinski definition) is 0. The molecule has 6 heteroatoms. The standard InChI is InChI=1S/C21H29N3O3/c1-27-21(26)24-9-5-4-8-19(24)20(25)23-12-10-22(11-13-23)18-14-16-6-2-3-7-17(16)15-18/h2-3,6-7,18-19H,4-5,8-15H2,1H3/t19-/m0/s1.